The van der Waals surface area contributed by atoms with E-state index in [0.29, 0.717) is 18.3 Å². The fourth-order valence-corrected chi connectivity index (χ4v) is 5.16. The Kier molecular flexibility index (Phi) is 6.99. The predicted octanol–water partition coefficient (Wildman–Crippen LogP) is 6.32. The van der Waals surface area contributed by atoms with E-state index in [4.69, 9.17) is 9.47 Å². The van der Waals surface area contributed by atoms with Crippen LogP contribution in [0.3, 0.4) is 0 Å². The van der Waals surface area contributed by atoms with Crippen molar-refractivity contribution in [1.82, 2.24) is 4.90 Å². The summed E-state index contributed by atoms with van der Waals surface area (Å²) in [5.41, 5.74) is 0.914. The minimum absolute atomic E-state index is 0.219. The first-order valence-corrected chi connectivity index (χ1v) is 11.6. The van der Waals surface area contributed by atoms with Gasteiger partial charge < -0.3 is 14.4 Å². The quantitative estimate of drug-likeness (QED) is 0.473. The van der Waals surface area contributed by atoms with Crippen molar-refractivity contribution in [2.45, 2.75) is 50.1 Å². The van der Waals surface area contributed by atoms with Gasteiger partial charge in [0.15, 0.2) is 0 Å². The Labute approximate surface area is 188 Å². The van der Waals surface area contributed by atoms with Crippen LogP contribution in [0.15, 0.2) is 48.5 Å². The molecule has 1 saturated heterocycles. The van der Waals surface area contributed by atoms with Gasteiger partial charge in [-0.3, -0.25) is 0 Å². The first-order valence-electron chi connectivity index (χ1n) is 11.6. The van der Waals surface area contributed by atoms with E-state index in [2.05, 4.69) is 23.1 Å². The number of alkyl halides is 3. The molecule has 0 N–H and O–H groups in total. The summed E-state index contributed by atoms with van der Waals surface area (Å²) in [5, 5.41) is 0. The lowest BCUT2D eigenvalue weighted by atomic mass is 9.62. The molecule has 2 aromatic rings. The zero-order valence-electron chi connectivity index (χ0n) is 18.7. The van der Waals surface area contributed by atoms with Crippen LogP contribution in [0.1, 0.15) is 49.7 Å². The van der Waals surface area contributed by atoms with Gasteiger partial charge in [0.05, 0.1) is 19.3 Å². The van der Waals surface area contributed by atoms with Crippen molar-refractivity contribution in [3.05, 3.63) is 59.7 Å². The number of ether oxygens (including phenoxy) is 2. The number of rotatable bonds is 8. The van der Waals surface area contributed by atoms with E-state index in [-0.39, 0.29) is 5.41 Å². The Morgan fingerprint density at radius 1 is 1.03 bits per heavy atom. The van der Waals surface area contributed by atoms with E-state index >= 15 is 0 Å². The summed E-state index contributed by atoms with van der Waals surface area (Å²) in [7, 11) is 1.75. The van der Waals surface area contributed by atoms with Gasteiger partial charge in [-0.05, 0) is 75.5 Å². The van der Waals surface area contributed by atoms with Crippen LogP contribution in [0.2, 0.25) is 0 Å². The molecule has 1 atom stereocenters. The molecule has 2 fully saturated rings. The summed E-state index contributed by atoms with van der Waals surface area (Å²) in [5.74, 6) is 1.89. The lowest BCUT2D eigenvalue weighted by Crippen LogP contribution is -2.43. The number of methoxy groups -OCH3 is 1. The molecule has 1 heterocycles. The number of piperidine rings is 1. The molecule has 32 heavy (non-hydrogen) atoms. The van der Waals surface area contributed by atoms with Crippen LogP contribution in [-0.2, 0) is 11.6 Å². The third-order valence-corrected chi connectivity index (χ3v) is 7.17. The van der Waals surface area contributed by atoms with Crippen molar-refractivity contribution in [3.8, 4) is 11.5 Å². The highest BCUT2D eigenvalue weighted by molar-refractivity contribution is 5.41. The van der Waals surface area contributed by atoms with Gasteiger partial charge in [-0.15, -0.1) is 0 Å². The molecule has 1 saturated carbocycles. The van der Waals surface area contributed by atoms with Gasteiger partial charge in [-0.1, -0.05) is 24.6 Å². The molecule has 0 aromatic heterocycles. The maximum atomic E-state index is 12.7. The van der Waals surface area contributed by atoms with E-state index in [1.54, 1.807) is 7.11 Å². The Hall–Kier alpha value is -2.21. The Balaban J connectivity index is 1.29. The van der Waals surface area contributed by atoms with Crippen LogP contribution in [0.25, 0.3) is 0 Å². The average molecular weight is 448 g/mol. The number of para-hydroxylation sites is 1. The van der Waals surface area contributed by atoms with E-state index in [1.807, 2.05) is 6.07 Å². The van der Waals surface area contributed by atoms with Crippen molar-refractivity contribution < 1.29 is 22.6 Å². The number of hydrogen-bond donors (Lipinski definition) is 0. The monoisotopic (exact) mass is 447 g/mol. The normalized spacial score (nSPS) is 21.1. The SMILES string of the molecule is COc1ccccc1C1(CCN2CCC[C@@H](COc3ccc(C(F)(F)F)cc3)C2)CCC1. The van der Waals surface area contributed by atoms with Crippen LogP contribution in [-0.4, -0.2) is 38.3 Å². The summed E-state index contributed by atoms with van der Waals surface area (Å²) in [6.45, 7) is 3.66. The van der Waals surface area contributed by atoms with Crippen molar-refractivity contribution >= 4 is 0 Å². The van der Waals surface area contributed by atoms with Crippen LogP contribution < -0.4 is 9.47 Å². The lowest BCUT2D eigenvalue weighted by molar-refractivity contribution is -0.137. The lowest BCUT2D eigenvalue weighted by Gasteiger charge is -2.45. The third-order valence-electron chi connectivity index (χ3n) is 7.17. The summed E-state index contributed by atoms with van der Waals surface area (Å²) < 4.78 is 49.6. The van der Waals surface area contributed by atoms with Gasteiger partial charge in [-0.25, -0.2) is 0 Å². The molecular formula is C26H32F3NO2. The highest BCUT2D eigenvalue weighted by Gasteiger charge is 2.40. The second-order valence-corrected chi connectivity index (χ2v) is 9.23. The fraction of sp³-hybridized carbons (Fsp3) is 0.538. The fourth-order valence-electron chi connectivity index (χ4n) is 5.16. The van der Waals surface area contributed by atoms with Gasteiger partial charge in [0.25, 0.3) is 0 Å². The Morgan fingerprint density at radius 2 is 1.78 bits per heavy atom. The number of nitrogens with zero attached hydrogens (tertiary/aromatic N) is 1. The molecule has 0 bridgehead atoms. The molecule has 0 radical (unpaired) electrons. The van der Waals surface area contributed by atoms with Gasteiger partial charge in [-0.2, -0.15) is 13.2 Å². The molecule has 0 amide bonds. The van der Waals surface area contributed by atoms with E-state index in [9.17, 15) is 13.2 Å². The van der Waals surface area contributed by atoms with Gasteiger partial charge in [0.2, 0.25) is 0 Å². The second-order valence-electron chi connectivity index (χ2n) is 9.23. The molecule has 1 aliphatic heterocycles. The molecule has 174 valence electrons. The molecular weight excluding hydrogens is 415 g/mol. The van der Waals surface area contributed by atoms with Crippen molar-refractivity contribution in [3.63, 3.8) is 0 Å². The van der Waals surface area contributed by atoms with Crippen molar-refractivity contribution in [1.29, 1.82) is 0 Å². The Morgan fingerprint density at radius 3 is 2.44 bits per heavy atom. The van der Waals surface area contributed by atoms with Crippen LogP contribution in [0, 0.1) is 5.92 Å². The zero-order valence-corrected chi connectivity index (χ0v) is 18.7. The Bertz CT molecular complexity index is 877. The van der Waals surface area contributed by atoms with E-state index in [0.717, 1.165) is 56.8 Å². The average Bonchev–Trinajstić information content (AvgIpc) is 2.77. The topological polar surface area (TPSA) is 21.7 Å². The maximum absolute atomic E-state index is 12.7. The van der Waals surface area contributed by atoms with Crippen LogP contribution >= 0.6 is 0 Å². The minimum Gasteiger partial charge on any atom is -0.496 e. The maximum Gasteiger partial charge on any atom is 0.416 e. The summed E-state index contributed by atoms with van der Waals surface area (Å²) in [4.78, 5) is 2.53. The van der Waals surface area contributed by atoms with Crippen LogP contribution in [0.5, 0.6) is 11.5 Å². The first kappa shape index (κ1) is 23.0. The van der Waals surface area contributed by atoms with Crippen molar-refractivity contribution in [2.75, 3.05) is 33.4 Å². The number of hydrogen-bond acceptors (Lipinski definition) is 3. The predicted molar refractivity (Wildman–Crippen MR) is 119 cm³/mol. The zero-order chi connectivity index (χ0) is 22.6. The largest absolute Gasteiger partial charge is 0.496 e. The molecule has 3 nitrogen and oxygen atoms in total. The van der Waals surface area contributed by atoms with Gasteiger partial charge >= 0.3 is 6.18 Å². The summed E-state index contributed by atoms with van der Waals surface area (Å²) in [6.07, 6.45) is 2.71. The summed E-state index contributed by atoms with van der Waals surface area (Å²) >= 11 is 0. The molecule has 2 aromatic carbocycles. The smallest absolute Gasteiger partial charge is 0.416 e. The molecule has 2 aliphatic rings. The summed E-state index contributed by atoms with van der Waals surface area (Å²) in [6, 6.07) is 13.4. The number of likely N-dealkylation sites (tertiary alicyclic amines) is 1. The van der Waals surface area contributed by atoms with Crippen LogP contribution in [0.4, 0.5) is 13.2 Å². The van der Waals surface area contributed by atoms with E-state index in [1.165, 1.54) is 37.0 Å². The second kappa shape index (κ2) is 9.74. The van der Waals surface area contributed by atoms with Gasteiger partial charge in [0, 0.05) is 23.4 Å². The highest BCUT2D eigenvalue weighted by Crippen LogP contribution is 2.49. The third kappa shape index (κ3) is 5.22. The minimum atomic E-state index is -4.32. The first-order chi connectivity index (χ1) is 15.4. The molecule has 0 spiro atoms. The molecule has 1 aliphatic carbocycles. The highest BCUT2D eigenvalue weighted by atomic mass is 19.4. The number of benzene rings is 2. The standard InChI is InChI=1S/C26H32F3NO2/c1-31-24-8-3-2-7-23(24)25(13-5-14-25)15-17-30-16-4-6-20(18-30)19-32-22-11-9-21(10-12-22)26(27,28)29/h2-3,7-12,20H,4-6,13-19H2,1H3/t20-/m1/s1. The molecule has 6 heteroatoms. The molecule has 0 unspecified atom stereocenters. The van der Waals surface area contributed by atoms with Crippen molar-refractivity contribution in [2.24, 2.45) is 5.92 Å². The van der Waals surface area contributed by atoms with Gasteiger partial charge in [0.1, 0.15) is 11.5 Å². The van der Waals surface area contributed by atoms with E-state index < -0.39 is 11.7 Å². The molecule has 4 rings (SSSR count). The number of halogens is 3.